The number of thiazole rings is 1. The van der Waals surface area contributed by atoms with E-state index in [0.717, 1.165) is 35.9 Å². The molecule has 3 rings (SSSR count). The predicted octanol–water partition coefficient (Wildman–Crippen LogP) is 0.849. The standard InChI is InChI=1S/C11H15N3O2S/c15-6-8-2-1-3-13(8)10-9(7-16)14-4-5-17-11(14)12-10/h4-5,8,15-16H,1-3,6-7H2. The predicted molar refractivity (Wildman–Crippen MR) is 66.4 cm³/mol. The average Bonchev–Trinajstić information content (AvgIpc) is 3.02. The molecular formula is C11H15N3O2S. The van der Waals surface area contributed by atoms with Gasteiger partial charge < -0.3 is 15.1 Å². The molecule has 0 saturated carbocycles. The molecule has 2 N–H and O–H groups in total. The summed E-state index contributed by atoms with van der Waals surface area (Å²) in [6, 6.07) is 0.143. The number of fused-ring (bicyclic) bond motifs is 1. The second-order valence-corrected chi connectivity index (χ2v) is 5.14. The van der Waals surface area contributed by atoms with Crippen LogP contribution in [0.2, 0.25) is 0 Å². The van der Waals surface area contributed by atoms with Crippen LogP contribution < -0.4 is 4.90 Å². The highest BCUT2D eigenvalue weighted by Gasteiger charge is 2.28. The summed E-state index contributed by atoms with van der Waals surface area (Å²) in [7, 11) is 0. The monoisotopic (exact) mass is 253 g/mol. The zero-order chi connectivity index (χ0) is 11.8. The summed E-state index contributed by atoms with van der Waals surface area (Å²) in [5.41, 5.74) is 0.821. The number of hydrogen-bond acceptors (Lipinski definition) is 5. The molecule has 5 nitrogen and oxygen atoms in total. The highest BCUT2D eigenvalue weighted by atomic mass is 32.1. The number of aliphatic hydroxyl groups excluding tert-OH is 2. The van der Waals surface area contributed by atoms with Crippen LogP contribution in [0, 0.1) is 0 Å². The van der Waals surface area contributed by atoms with E-state index in [0.29, 0.717) is 0 Å². The van der Waals surface area contributed by atoms with Crippen molar-refractivity contribution in [1.29, 1.82) is 0 Å². The Hall–Kier alpha value is -1.11. The van der Waals surface area contributed by atoms with Gasteiger partial charge in [-0.15, -0.1) is 11.3 Å². The van der Waals surface area contributed by atoms with Gasteiger partial charge >= 0.3 is 0 Å². The lowest BCUT2D eigenvalue weighted by atomic mass is 10.2. The minimum absolute atomic E-state index is 0.0259. The Morgan fingerprint density at radius 1 is 1.47 bits per heavy atom. The van der Waals surface area contributed by atoms with Crippen LogP contribution in [-0.4, -0.2) is 38.8 Å². The fraction of sp³-hybridized carbons (Fsp3) is 0.545. The van der Waals surface area contributed by atoms with E-state index in [4.69, 9.17) is 0 Å². The molecule has 0 spiro atoms. The van der Waals surface area contributed by atoms with Crippen LogP contribution in [0.15, 0.2) is 11.6 Å². The minimum atomic E-state index is -0.0259. The molecule has 1 saturated heterocycles. The molecule has 3 heterocycles. The molecule has 1 aliphatic heterocycles. The van der Waals surface area contributed by atoms with Crippen molar-refractivity contribution in [3.05, 3.63) is 17.3 Å². The van der Waals surface area contributed by atoms with Crippen molar-refractivity contribution in [3.8, 4) is 0 Å². The Bertz CT molecular complexity index is 522. The SMILES string of the molecule is OCc1c(N2CCCC2CO)nc2sccn12. The second kappa shape index (κ2) is 4.29. The quantitative estimate of drug-likeness (QED) is 0.851. The first-order valence-electron chi connectivity index (χ1n) is 5.78. The first-order valence-corrected chi connectivity index (χ1v) is 6.66. The summed E-state index contributed by atoms with van der Waals surface area (Å²) in [5.74, 6) is 0.830. The lowest BCUT2D eigenvalue weighted by molar-refractivity contribution is 0.263. The maximum Gasteiger partial charge on any atom is 0.195 e. The van der Waals surface area contributed by atoms with Crippen LogP contribution in [0.5, 0.6) is 0 Å². The highest BCUT2D eigenvalue weighted by molar-refractivity contribution is 7.15. The first kappa shape index (κ1) is 11.0. The van der Waals surface area contributed by atoms with E-state index >= 15 is 0 Å². The molecule has 6 heteroatoms. The van der Waals surface area contributed by atoms with Gasteiger partial charge in [0.15, 0.2) is 10.8 Å². The van der Waals surface area contributed by atoms with Gasteiger partial charge in [-0.25, -0.2) is 4.98 Å². The first-order chi connectivity index (χ1) is 8.35. The number of aliphatic hydroxyl groups is 2. The maximum absolute atomic E-state index is 9.50. The maximum atomic E-state index is 9.50. The van der Waals surface area contributed by atoms with Crippen LogP contribution in [0.25, 0.3) is 4.96 Å². The number of imidazole rings is 1. The molecule has 1 unspecified atom stereocenters. The Labute approximate surface area is 103 Å². The Kier molecular flexibility index (Phi) is 2.78. The number of aromatic nitrogens is 2. The molecule has 1 atom stereocenters. The van der Waals surface area contributed by atoms with Crippen molar-refractivity contribution in [1.82, 2.24) is 9.38 Å². The molecule has 0 amide bonds. The third-order valence-corrected chi connectivity index (χ3v) is 4.11. The van der Waals surface area contributed by atoms with E-state index in [1.807, 2.05) is 16.0 Å². The van der Waals surface area contributed by atoms with Gasteiger partial charge in [0.05, 0.1) is 24.9 Å². The molecule has 0 bridgehead atoms. The smallest absolute Gasteiger partial charge is 0.195 e. The van der Waals surface area contributed by atoms with E-state index in [9.17, 15) is 10.2 Å². The fourth-order valence-electron chi connectivity index (χ4n) is 2.50. The summed E-state index contributed by atoms with van der Waals surface area (Å²) in [6.07, 6.45) is 3.99. The third kappa shape index (κ3) is 1.64. The molecule has 1 aliphatic rings. The molecule has 0 radical (unpaired) electrons. The summed E-state index contributed by atoms with van der Waals surface area (Å²) >= 11 is 1.56. The number of rotatable bonds is 3. The van der Waals surface area contributed by atoms with E-state index in [-0.39, 0.29) is 19.3 Å². The Balaban J connectivity index is 2.06. The van der Waals surface area contributed by atoms with Gasteiger partial charge in [-0.3, -0.25) is 4.40 Å². The number of nitrogens with zero attached hydrogens (tertiary/aromatic N) is 3. The lowest BCUT2D eigenvalue weighted by Gasteiger charge is -2.23. The van der Waals surface area contributed by atoms with E-state index in [1.54, 1.807) is 11.3 Å². The van der Waals surface area contributed by atoms with Crippen molar-refractivity contribution in [3.63, 3.8) is 0 Å². The van der Waals surface area contributed by atoms with E-state index < -0.39 is 0 Å². The average molecular weight is 253 g/mol. The summed E-state index contributed by atoms with van der Waals surface area (Å²) in [4.78, 5) is 7.57. The van der Waals surface area contributed by atoms with Crippen LogP contribution in [0.3, 0.4) is 0 Å². The van der Waals surface area contributed by atoms with E-state index in [1.165, 1.54) is 0 Å². The van der Waals surface area contributed by atoms with Gasteiger partial charge in [0.25, 0.3) is 0 Å². The van der Waals surface area contributed by atoms with Crippen molar-refractivity contribution < 1.29 is 10.2 Å². The van der Waals surface area contributed by atoms with Gasteiger partial charge in [0.2, 0.25) is 0 Å². The number of anilines is 1. The fourth-order valence-corrected chi connectivity index (χ4v) is 3.23. The highest BCUT2D eigenvalue weighted by Crippen LogP contribution is 2.30. The summed E-state index contributed by atoms with van der Waals surface area (Å²) in [5, 5.41) is 20.8. The van der Waals surface area contributed by atoms with Crippen molar-refractivity contribution >= 4 is 22.1 Å². The van der Waals surface area contributed by atoms with Crippen LogP contribution in [0.1, 0.15) is 18.5 Å². The van der Waals surface area contributed by atoms with Crippen molar-refractivity contribution in [2.24, 2.45) is 0 Å². The molecule has 2 aromatic rings. The zero-order valence-electron chi connectivity index (χ0n) is 9.41. The second-order valence-electron chi connectivity index (χ2n) is 4.27. The summed E-state index contributed by atoms with van der Waals surface area (Å²) < 4.78 is 1.92. The lowest BCUT2D eigenvalue weighted by Crippen LogP contribution is -2.33. The molecule has 2 aromatic heterocycles. The number of hydrogen-bond donors (Lipinski definition) is 2. The summed E-state index contributed by atoms with van der Waals surface area (Å²) in [6.45, 7) is 1.03. The third-order valence-electron chi connectivity index (χ3n) is 3.35. The van der Waals surface area contributed by atoms with Crippen molar-refractivity contribution in [2.45, 2.75) is 25.5 Å². The van der Waals surface area contributed by atoms with E-state index in [2.05, 4.69) is 9.88 Å². The normalized spacial score (nSPS) is 20.6. The Morgan fingerprint density at radius 3 is 3.12 bits per heavy atom. The van der Waals surface area contributed by atoms with Crippen LogP contribution >= 0.6 is 11.3 Å². The molecule has 0 aromatic carbocycles. The van der Waals surface area contributed by atoms with Crippen LogP contribution in [-0.2, 0) is 6.61 Å². The van der Waals surface area contributed by atoms with Crippen molar-refractivity contribution in [2.75, 3.05) is 18.1 Å². The zero-order valence-corrected chi connectivity index (χ0v) is 10.2. The van der Waals surface area contributed by atoms with Gasteiger partial charge in [-0.1, -0.05) is 0 Å². The largest absolute Gasteiger partial charge is 0.394 e. The van der Waals surface area contributed by atoms with Gasteiger partial charge in [-0.05, 0) is 12.8 Å². The minimum Gasteiger partial charge on any atom is -0.394 e. The van der Waals surface area contributed by atoms with Gasteiger partial charge in [0, 0.05) is 18.1 Å². The van der Waals surface area contributed by atoms with Crippen LogP contribution in [0.4, 0.5) is 5.82 Å². The Morgan fingerprint density at radius 2 is 2.35 bits per heavy atom. The molecule has 17 heavy (non-hydrogen) atoms. The molecule has 92 valence electrons. The molecule has 1 fully saturated rings. The molecular weight excluding hydrogens is 238 g/mol. The van der Waals surface area contributed by atoms with Gasteiger partial charge in [-0.2, -0.15) is 0 Å². The topological polar surface area (TPSA) is 61.0 Å². The molecule has 0 aliphatic carbocycles. The van der Waals surface area contributed by atoms with Gasteiger partial charge in [0.1, 0.15) is 0 Å².